The molecule has 2 unspecified atom stereocenters. The molecule has 0 aliphatic carbocycles. The molecule has 6 nitrogen and oxygen atoms in total. The van der Waals surface area contributed by atoms with Crippen molar-refractivity contribution in [1.82, 2.24) is 15.1 Å². The van der Waals surface area contributed by atoms with Crippen LogP contribution in [0, 0.1) is 5.92 Å². The first kappa shape index (κ1) is 15.8. The molecule has 1 rings (SSSR count). The van der Waals surface area contributed by atoms with Gasteiger partial charge < -0.3 is 20.2 Å². The molecule has 0 bridgehead atoms. The molecule has 1 fully saturated rings. The number of likely N-dealkylation sites (N-methyl/N-ethyl adjacent to an activating group) is 1. The Bertz CT molecular complexity index is 320. The maximum absolute atomic E-state index is 12.0. The van der Waals surface area contributed by atoms with E-state index in [1.54, 1.807) is 6.92 Å². The van der Waals surface area contributed by atoms with Crippen molar-refractivity contribution in [3.63, 3.8) is 0 Å². The van der Waals surface area contributed by atoms with Gasteiger partial charge in [0.15, 0.2) is 0 Å². The van der Waals surface area contributed by atoms with Crippen LogP contribution in [0.5, 0.6) is 0 Å². The van der Waals surface area contributed by atoms with Crippen molar-refractivity contribution in [2.45, 2.75) is 32.2 Å². The Morgan fingerprint density at radius 3 is 2.74 bits per heavy atom. The number of rotatable bonds is 5. The highest BCUT2D eigenvalue weighted by molar-refractivity contribution is 5.74. The Morgan fingerprint density at radius 2 is 2.16 bits per heavy atom. The number of hydrogen-bond donors (Lipinski definition) is 2. The molecule has 110 valence electrons. The third-order valence-electron chi connectivity index (χ3n) is 3.69. The lowest BCUT2D eigenvalue weighted by atomic mass is 10.1. The minimum absolute atomic E-state index is 0.0795. The Labute approximate surface area is 114 Å². The van der Waals surface area contributed by atoms with Crippen molar-refractivity contribution in [3.05, 3.63) is 0 Å². The van der Waals surface area contributed by atoms with Crippen LogP contribution >= 0.6 is 0 Å². The Kier molecular flexibility index (Phi) is 6.08. The molecule has 0 saturated carbocycles. The molecule has 19 heavy (non-hydrogen) atoms. The normalized spacial score (nSPS) is 21.3. The van der Waals surface area contributed by atoms with Gasteiger partial charge in [0.25, 0.3) is 0 Å². The quantitative estimate of drug-likeness (QED) is 0.777. The molecule has 1 heterocycles. The maximum atomic E-state index is 12.0. The van der Waals surface area contributed by atoms with Crippen LogP contribution in [0.2, 0.25) is 0 Å². The van der Waals surface area contributed by atoms with Crippen LogP contribution in [0.4, 0.5) is 4.79 Å². The summed E-state index contributed by atoms with van der Waals surface area (Å²) in [5.74, 6) is -1.24. The summed E-state index contributed by atoms with van der Waals surface area (Å²) in [6, 6.07) is 0.335. The van der Waals surface area contributed by atoms with Gasteiger partial charge in [-0.05, 0) is 33.4 Å². The number of carbonyl (C=O) groups is 2. The molecular formula is C13H25N3O3. The molecule has 2 atom stereocenters. The van der Waals surface area contributed by atoms with Crippen LogP contribution in [0.25, 0.3) is 0 Å². The van der Waals surface area contributed by atoms with E-state index in [-0.39, 0.29) is 6.03 Å². The summed E-state index contributed by atoms with van der Waals surface area (Å²) < 4.78 is 0. The fourth-order valence-electron chi connectivity index (χ4n) is 2.19. The second kappa shape index (κ2) is 7.33. The van der Waals surface area contributed by atoms with Crippen LogP contribution in [-0.2, 0) is 4.79 Å². The average molecular weight is 271 g/mol. The molecular weight excluding hydrogens is 246 g/mol. The van der Waals surface area contributed by atoms with Crippen molar-refractivity contribution >= 4 is 12.0 Å². The lowest BCUT2D eigenvalue weighted by Gasteiger charge is -2.36. The molecule has 0 aromatic carbocycles. The first-order valence-corrected chi connectivity index (χ1v) is 6.83. The summed E-state index contributed by atoms with van der Waals surface area (Å²) in [6.07, 6.45) is 2.60. The fourth-order valence-corrected chi connectivity index (χ4v) is 2.19. The van der Waals surface area contributed by atoms with Gasteiger partial charge in [0.05, 0.1) is 5.92 Å². The molecule has 2 amide bonds. The predicted octanol–water partition coefficient (Wildman–Crippen LogP) is 0.833. The lowest BCUT2D eigenvalue weighted by molar-refractivity contribution is -0.141. The largest absolute Gasteiger partial charge is 0.481 e. The van der Waals surface area contributed by atoms with Crippen molar-refractivity contribution < 1.29 is 14.7 Å². The van der Waals surface area contributed by atoms with Gasteiger partial charge in [0.1, 0.15) is 0 Å². The zero-order valence-electron chi connectivity index (χ0n) is 12.1. The third kappa shape index (κ3) is 5.06. The number of piperidine rings is 1. The zero-order valence-corrected chi connectivity index (χ0v) is 12.1. The van der Waals surface area contributed by atoms with E-state index in [0.717, 1.165) is 25.9 Å². The van der Waals surface area contributed by atoms with Gasteiger partial charge in [-0.15, -0.1) is 0 Å². The summed E-state index contributed by atoms with van der Waals surface area (Å²) in [4.78, 5) is 26.6. The third-order valence-corrected chi connectivity index (χ3v) is 3.69. The highest BCUT2D eigenvalue weighted by atomic mass is 16.4. The van der Waals surface area contributed by atoms with Crippen LogP contribution in [0.15, 0.2) is 0 Å². The van der Waals surface area contributed by atoms with E-state index in [0.29, 0.717) is 19.0 Å². The van der Waals surface area contributed by atoms with Crippen molar-refractivity contribution in [1.29, 1.82) is 0 Å². The average Bonchev–Trinajstić information content (AvgIpc) is 2.38. The molecule has 0 aromatic rings. The van der Waals surface area contributed by atoms with Crippen LogP contribution < -0.4 is 5.32 Å². The topological polar surface area (TPSA) is 72.9 Å². The van der Waals surface area contributed by atoms with E-state index in [1.807, 2.05) is 19.0 Å². The highest BCUT2D eigenvalue weighted by Gasteiger charge is 2.24. The number of aliphatic carboxylic acids is 1. The van der Waals surface area contributed by atoms with E-state index < -0.39 is 11.9 Å². The number of carboxylic acid groups (broad SMARTS) is 1. The number of carbonyl (C=O) groups excluding carboxylic acids is 1. The van der Waals surface area contributed by atoms with Gasteiger partial charge in [0, 0.05) is 25.7 Å². The molecule has 1 aliphatic heterocycles. The smallest absolute Gasteiger partial charge is 0.317 e. The van der Waals surface area contributed by atoms with Crippen molar-refractivity contribution in [2.75, 3.05) is 33.7 Å². The van der Waals surface area contributed by atoms with Gasteiger partial charge in [-0.3, -0.25) is 4.79 Å². The Hall–Kier alpha value is -1.30. The first-order chi connectivity index (χ1) is 8.91. The van der Waals surface area contributed by atoms with Gasteiger partial charge >= 0.3 is 12.0 Å². The maximum Gasteiger partial charge on any atom is 0.317 e. The van der Waals surface area contributed by atoms with Crippen molar-refractivity contribution in [2.24, 2.45) is 5.92 Å². The van der Waals surface area contributed by atoms with Crippen molar-refractivity contribution in [3.8, 4) is 0 Å². The van der Waals surface area contributed by atoms with Crippen LogP contribution in [-0.4, -0.2) is 66.7 Å². The SMILES string of the molecule is CC(CCNC(=O)N1CCCC(N(C)C)C1)C(=O)O. The van der Waals surface area contributed by atoms with Crippen LogP contribution in [0.3, 0.4) is 0 Å². The molecule has 6 heteroatoms. The summed E-state index contributed by atoms with van der Waals surface area (Å²) in [5.41, 5.74) is 0. The Balaban J connectivity index is 2.31. The van der Waals surface area contributed by atoms with E-state index in [4.69, 9.17) is 5.11 Å². The lowest BCUT2D eigenvalue weighted by Crippen LogP contribution is -2.50. The van der Waals surface area contributed by atoms with Gasteiger partial charge in [-0.25, -0.2) is 4.79 Å². The van der Waals surface area contributed by atoms with Gasteiger partial charge in [0.2, 0.25) is 0 Å². The van der Waals surface area contributed by atoms with E-state index >= 15 is 0 Å². The van der Waals surface area contributed by atoms with E-state index in [9.17, 15) is 9.59 Å². The minimum Gasteiger partial charge on any atom is -0.481 e. The zero-order chi connectivity index (χ0) is 14.4. The fraction of sp³-hybridized carbons (Fsp3) is 0.846. The standard InChI is InChI=1S/C13H25N3O3/c1-10(12(17)18)6-7-14-13(19)16-8-4-5-11(9-16)15(2)3/h10-11H,4-9H2,1-3H3,(H,14,19)(H,17,18). The molecule has 1 aliphatic rings. The number of nitrogens with zero attached hydrogens (tertiary/aromatic N) is 2. The molecule has 0 aromatic heterocycles. The number of likely N-dealkylation sites (tertiary alicyclic amines) is 1. The van der Waals surface area contributed by atoms with E-state index in [2.05, 4.69) is 10.2 Å². The number of carboxylic acids is 1. The second-order valence-corrected chi connectivity index (χ2v) is 5.47. The molecule has 0 radical (unpaired) electrons. The second-order valence-electron chi connectivity index (χ2n) is 5.47. The van der Waals surface area contributed by atoms with Gasteiger partial charge in [-0.1, -0.05) is 6.92 Å². The monoisotopic (exact) mass is 271 g/mol. The summed E-state index contributed by atoms with van der Waals surface area (Å²) in [6.45, 7) is 3.59. The first-order valence-electron chi connectivity index (χ1n) is 6.83. The summed E-state index contributed by atoms with van der Waals surface area (Å²) >= 11 is 0. The number of amides is 2. The summed E-state index contributed by atoms with van der Waals surface area (Å²) in [7, 11) is 4.06. The minimum atomic E-state index is -0.820. The number of nitrogens with one attached hydrogen (secondary N) is 1. The number of urea groups is 1. The predicted molar refractivity (Wildman–Crippen MR) is 73.1 cm³/mol. The van der Waals surface area contributed by atoms with Crippen LogP contribution in [0.1, 0.15) is 26.2 Å². The Morgan fingerprint density at radius 1 is 1.47 bits per heavy atom. The van der Waals surface area contributed by atoms with E-state index in [1.165, 1.54) is 0 Å². The molecule has 0 spiro atoms. The molecule has 1 saturated heterocycles. The van der Waals surface area contributed by atoms with Gasteiger partial charge in [-0.2, -0.15) is 0 Å². The molecule has 2 N–H and O–H groups in total. The summed E-state index contributed by atoms with van der Waals surface area (Å²) in [5, 5.41) is 11.6. The highest BCUT2D eigenvalue weighted by Crippen LogP contribution is 2.13. The number of hydrogen-bond acceptors (Lipinski definition) is 3.